The molecule has 0 aliphatic heterocycles. The average molecular weight is 268 g/mol. The third-order valence-corrected chi connectivity index (χ3v) is 3.32. The summed E-state index contributed by atoms with van der Waals surface area (Å²) in [4.78, 5) is 21.5. The maximum absolute atomic E-state index is 11.0. The maximum Gasteiger partial charge on any atom is 0.331 e. The van der Waals surface area contributed by atoms with Gasteiger partial charge in [0.05, 0.1) is 0 Å². The van der Waals surface area contributed by atoms with Crippen LogP contribution in [0.2, 0.25) is 0 Å². The maximum atomic E-state index is 11.0. The van der Waals surface area contributed by atoms with Gasteiger partial charge in [-0.2, -0.15) is 0 Å². The highest BCUT2D eigenvalue weighted by molar-refractivity contribution is 5.87. The lowest BCUT2D eigenvalue weighted by Crippen LogP contribution is -2.14. The first-order chi connectivity index (χ1) is 8.92. The van der Waals surface area contributed by atoms with Gasteiger partial charge in [0, 0.05) is 17.6 Å². The van der Waals surface area contributed by atoms with Crippen LogP contribution >= 0.6 is 0 Å². The molecule has 0 aromatic carbocycles. The summed E-state index contributed by atoms with van der Waals surface area (Å²) in [7, 11) is 0. The predicted octanol–water partition coefficient (Wildman–Crippen LogP) is 3.49. The number of aliphatic carboxylic acids is 2. The van der Waals surface area contributed by atoms with Gasteiger partial charge >= 0.3 is 11.9 Å². The fourth-order valence-electron chi connectivity index (χ4n) is 2.03. The van der Waals surface area contributed by atoms with Crippen LogP contribution in [0.15, 0.2) is 24.3 Å². The molecule has 0 rings (SSSR count). The zero-order valence-corrected chi connectivity index (χ0v) is 11.8. The standard InChI is InChI=1S/C15H24O4/c1-4-6-7-12(5-2)10-13(8-9-14(16)17)11(3)15(18)19/h8-9,12-13H,3-7,10H2,1-2H3,(H,16,17)(H,18,19). The van der Waals surface area contributed by atoms with Gasteiger partial charge in [0.25, 0.3) is 0 Å². The summed E-state index contributed by atoms with van der Waals surface area (Å²) in [6.45, 7) is 7.74. The van der Waals surface area contributed by atoms with Gasteiger partial charge in [-0.15, -0.1) is 0 Å². The Labute approximate surface area is 114 Å². The minimum Gasteiger partial charge on any atom is -0.478 e. The first-order valence-electron chi connectivity index (χ1n) is 6.75. The molecule has 2 N–H and O–H groups in total. The average Bonchev–Trinajstić information content (AvgIpc) is 2.36. The van der Waals surface area contributed by atoms with Gasteiger partial charge in [-0.05, 0) is 12.3 Å². The normalized spacial score (nSPS) is 14.2. The fraction of sp³-hybridized carbons (Fsp3) is 0.600. The first-order valence-corrected chi connectivity index (χ1v) is 6.75. The monoisotopic (exact) mass is 268 g/mol. The summed E-state index contributed by atoms with van der Waals surface area (Å²) >= 11 is 0. The molecule has 2 atom stereocenters. The lowest BCUT2D eigenvalue weighted by molar-refractivity contribution is -0.133. The van der Waals surface area contributed by atoms with E-state index in [0.717, 1.165) is 31.8 Å². The molecule has 0 aromatic rings. The molecule has 108 valence electrons. The second-order valence-electron chi connectivity index (χ2n) is 4.79. The summed E-state index contributed by atoms with van der Waals surface area (Å²) in [6.07, 6.45) is 7.30. The molecule has 4 heteroatoms. The van der Waals surface area contributed by atoms with E-state index in [2.05, 4.69) is 20.4 Å². The molecule has 0 amide bonds. The highest BCUT2D eigenvalue weighted by Gasteiger charge is 2.20. The van der Waals surface area contributed by atoms with E-state index in [1.54, 1.807) is 0 Å². The predicted molar refractivity (Wildman–Crippen MR) is 75.0 cm³/mol. The van der Waals surface area contributed by atoms with Crippen molar-refractivity contribution < 1.29 is 19.8 Å². The van der Waals surface area contributed by atoms with Crippen molar-refractivity contribution in [3.63, 3.8) is 0 Å². The van der Waals surface area contributed by atoms with Gasteiger partial charge in [-0.25, -0.2) is 9.59 Å². The van der Waals surface area contributed by atoms with Gasteiger partial charge in [0.2, 0.25) is 0 Å². The Morgan fingerprint density at radius 3 is 2.32 bits per heavy atom. The van der Waals surface area contributed by atoms with E-state index < -0.39 is 17.9 Å². The van der Waals surface area contributed by atoms with E-state index in [9.17, 15) is 9.59 Å². The number of unbranched alkanes of at least 4 members (excludes halogenated alkanes) is 1. The van der Waals surface area contributed by atoms with Gasteiger partial charge in [0.15, 0.2) is 0 Å². The highest BCUT2D eigenvalue weighted by atomic mass is 16.4. The first kappa shape index (κ1) is 17.4. The van der Waals surface area contributed by atoms with Gasteiger partial charge < -0.3 is 10.2 Å². The molecule has 0 saturated carbocycles. The van der Waals surface area contributed by atoms with Gasteiger partial charge in [0.1, 0.15) is 0 Å². The molecule has 0 saturated heterocycles. The van der Waals surface area contributed by atoms with E-state index in [0.29, 0.717) is 12.3 Å². The van der Waals surface area contributed by atoms with Crippen molar-refractivity contribution in [3.05, 3.63) is 24.3 Å². The third kappa shape index (κ3) is 7.44. The topological polar surface area (TPSA) is 74.6 Å². The van der Waals surface area contributed by atoms with Crippen molar-refractivity contribution in [2.24, 2.45) is 11.8 Å². The van der Waals surface area contributed by atoms with Gasteiger partial charge in [-0.1, -0.05) is 52.2 Å². The number of carbonyl (C=O) groups is 2. The number of carboxylic acids is 2. The molecule has 19 heavy (non-hydrogen) atoms. The Morgan fingerprint density at radius 1 is 1.26 bits per heavy atom. The molecule has 0 radical (unpaired) electrons. The molecule has 0 spiro atoms. The third-order valence-electron chi connectivity index (χ3n) is 3.32. The number of hydrogen-bond acceptors (Lipinski definition) is 2. The molecule has 2 unspecified atom stereocenters. The molecule has 0 aromatic heterocycles. The van der Waals surface area contributed by atoms with Crippen molar-refractivity contribution in [1.82, 2.24) is 0 Å². The number of rotatable bonds is 10. The Morgan fingerprint density at radius 2 is 1.89 bits per heavy atom. The number of hydrogen-bond donors (Lipinski definition) is 2. The molecular weight excluding hydrogens is 244 g/mol. The van der Waals surface area contributed by atoms with Crippen LogP contribution in [-0.2, 0) is 9.59 Å². The Balaban J connectivity index is 4.77. The fourth-order valence-corrected chi connectivity index (χ4v) is 2.03. The summed E-state index contributed by atoms with van der Waals surface area (Å²) in [5.41, 5.74) is 0.0625. The van der Waals surface area contributed by atoms with Crippen molar-refractivity contribution in [2.45, 2.75) is 46.0 Å². The molecule has 0 bridgehead atoms. The quantitative estimate of drug-likeness (QED) is 0.595. The Kier molecular flexibility index (Phi) is 8.58. The molecule has 0 aliphatic rings. The summed E-state index contributed by atoms with van der Waals surface area (Å²) in [6, 6.07) is 0. The molecule has 4 nitrogen and oxygen atoms in total. The second-order valence-corrected chi connectivity index (χ2v) is 4.79. The minimum absolute atomic E-state index is 0.0625. The van der Waals surface area contributed by atoms with Crippen LogP contribution in [0.3, 0.4) is 0 Å². The smallest absolute Gasteiger partial charge is 0.331 e. The van der Waals surface area contributed by atoms with Crippen LogP contribution in [0.1, 0.15) is 46.0 Å². The van der Waals surface area contributed by atoms with E-state index >= 15 is 0 Å². The van der Waals surface area contributed by atoms with Crippen LogP contribution in [0.25, 0.3) is 0 Å². The number of allylic oxidation sites excluding steroid dienone is 1. The van der Waals surface area contributed by atoms with Crippen molar-refractivity contribution >= 4 is 11.9 Å². The van der Waals surface area contributed by atoms with E-state index in [4.69, 9.17) is 10.2 Å². The Hall–Kier alpha value is -1.58. The SMILES string of the molecule is C=C(C(=O)O)C(C=CC(=O)O)CC(CC)CCCC. The van der Waals surface area contributed by atoms with E-state index in [1.165, 1.54) is 6.08 Å². The largest absolute Gasteiger partial charge is 0.478 e. The van der Waals surface area contributed by atoms with E-state index in [1.807, 2.05) is 0 Å². The Bertz CT molecular complexity index is 344. The zero-order chi connectivity index (χ0) is 14.8. The summed E-state index contributed by atoms with van der Waals surface area (Å²) in [5, 5.41) is 17.7. The molecular formula is C15H24O4. The van der Waals surface area contributed by atoms with Crippen LogP contribution in [-0.4, -0.2) is 22.2 Å². The van der Waals surface area contributed by atoms with Gasteiger partial charge in [-0.3, -0.25) is 0 Å². The van der Waals surface area contributed by atoms with Crippen molar-refractivity contribution in [2.75, 3.05) is 0 Å². The van der Waals surface area contributed by atoms with Crippen LogP contribution < -0.4 is 0 Å². The molecule has 0 fully saturated rings. The van der Waals surface area contributed by atoms with Crippen LogP contribution in [0, 0.1) is 11.8 Å². The lowest BCUT2D eigenvalue weighted by atomic mass is 9.85. The summed E-state index contributed by atoms with van der Waals surface area (Å²) in [5.74, 6) is -2.13. The van der Waals surface area contributed by atoms with Crippen LogP contribution in [0.4, 0.5) is 0 Å². The highest BCUT2D eigenvalue weighted by Crippen LogP contribution is 2.26. The van der Waals surface area contributed by atoms with Crippen molar-refractivity contribution in [1.29, 1.82) is 0 Å². The molecule has 0 heterocycles. The lowest BCUT2D eigenvalue weighted by Gasteiger charge is -2.20. The summed E-state index contributed by atoms with van der Waals surface area (Å²) < 4.78 is 0. The second kappa shape index (κ2) is 9.36. The number of carboxylic acid groups (broad SMARTS) is 2. The molecule has 0 aliphatic carbocycles. The minimum atomic E-state index is -1.07. The van der Waals surface area contributed by atoms with Crippen molar-refractivity contribution in [3.8, 4) is 0 Å². The zero-order valence-electron chi connectivity index (χ0n) is 11.8. The van der Waals surface area contributed by atoms with E-state index in [-0.39, 0.29) is 5.57 Å². The van der Waals surface area contributed by atoms with Crippen LogP contribution in [0.5, 0.6) is 0 Å².